The fraction of sp³-hybridized carbons (Fsp3) is 0.167. The number of benzene rings is 4. The van der Waals surface area contributed by atoms with Crippen LogP contribution in [-0.4, -0.2) is 25.4 Å². The summed E-state index contributed by atoms with van der Waals surface area (Å²) in [7, 11) is 1.71. The van der Waals surface area contributed by atoms with Gasteiger partial charge in [0.25, 0.3) is 0 Å². The molecular formula is C24H22O3. The summed E-state index contributed by atoms with van der Waals surface area (Å²) in [6, 6.07) is 24.8. The van der Waals surface area contributed by atoms with E-state index in [1.54, 1.807) is 7.11 Å². The van der Waals surface area contributed by atoms with Gasteiger partial charge in [0.1, 0.15) is 18.1 Å². The van der Waals surface area contributed by atoms with Crippen LogP contribution in [0.25, 0.3) is 21.5 Å². The topological polar surface area (TPSA) is 38.7 Å². The van der Waals surface area contributed by atoms with Gasteiger partial charge in [-0.15, -0.1) is 0 Å². The fourth-order valence-corrected chi connectivity index (χ4v) is 3.66. The van der Waals surface area contributed by atoms with Gasteiger partial charge in [-0.05, 0) is 33.7 Å². The lowest BCUT2D eigenvalue weighted by Gasteiger charge is -2.17. The molecule has 0 aromatic heterocycles. The zero-order chi connectivity index (χ0) is 18.6. The van der Waals surface area contributed by atoms with E-state index in [4.69, 9.17) is 9.47 Å². The van der Waals surface area contributed by atoms with Gasteiger partial charge in [-0.3, -0.25) is 0 Å². The summed E-state index contributed by atoms with van der Waals surface area (Å²) >= 11 is 0. The Morgan fingerprint density at radius 3 is 1.85 bits per heavy atom. The van der Waals surface area contributed by atoms with Crippen molar-refractivity contribution in [3.05, 3.63) is 83.9 Å². The third-order valence-corrected chi connectivity index (χ3v) is 4.92. The second kappa shape index (κ2) is 7.68. The van der Waals surface area contributed by atoms with Crippen LogP contribution in [0.15, 0.2) is 72.8 Å². The summed E-state index contributed by atoms with van der Waals surface area (Å²) in [5, 5.41) is 13.9. The maximum atomic E-state index is 9.20. The highest BCUT2D eigenvalue weighted by atomic mass is 16.5. The second-order valence-electron chi connectivity index (χ2n) is 6.48. The van der Waals surface area contributed by atoms with Crippen LogP contribution >= 0.6 is 0 Å². The van der Waals surface area contributed by atoms with Crippen molar-refractivity contribution in [3.63, 3.8) is 0 Å². The fourth-order valence-electron chi connectivity index (χ4n) is 3.66. The van der Waals surface area contributed by atoms with Crippen LogP contribution < -0.4 is 9.47 Å². The molecule has 0 aliphatic rings. The van der Waals surface area contributed by atoms with E-state index in [-0.39, 0.29) is 13.2 Å². The van der Waals surface area contributed by atoms with E-state index in [0.717, 1.165) is 28.0 Å². The molecule has 4 rings (SSSR count). The van der Waals surface area contributed by atoms with Crippen LogP contribution in [0.4, 0.5) is 0 Å². The first-order chi connectivity index (χ1) is 13.3. The van der Waals surface area contributed by atoms with Crippen molar-refractivity contribution in [1.29, 1.82) is 0 Å². The van der Waals surface area contributed by atoms with Crippen molar-refractivity contribution in [2.75, 3.05) is 20.3 Å². The lowest BCUT2D eigenvalue weighted by molar-refractivity contribution is 0.200. The molecular weight excluding hydrogens is 336 g/mol. The average molecular weight is 358 g/mol. The molecule has 4 aromatic carbocycles. The Morgan fingerprint density at radius 1 is 0.704 bits per heavy atom. The number of ether oxygens (including phenoxy) is 2. The van der Waals surface area contributed by atoms with Crippen LogP contribution in [0.3, 0.4) is 0 Å². The largest absolute Gasteiger partial charge is 0.496 e. The smallest absolute Gasteiger partial charge is 0.123 e. The van der Waals surface area contributed by atoms with Crippen molar-refractivity contribution < 1.29 is 14.6 Å². The second-order valence-corrected chi connectivity index (χ2v) is 6.48. The van der Waals surface area contributed by atoms with E-state index < -0.39 is 0 Å². The Kier molecular flexibility index (Phi) is 4.95. The lowest BCUT2D eigenvalue weighted by Crippen LogP contribution is -2.05. The Bertz CT molecular complexity index is 1090. The van der Waals surface area contributed by atoms with Gasteiger partial charge in [-0.25, -0.2) is 0 Å². The Hall–Kier alpha value is -3.04. The quantitative estimate of drug-likeness (QED) is 0.529. The first-order valence-electron chi connectivity index (χ1n) is 9.10. The predicted octanol–water partition coefficient (Wildman–Crippen LogP) is 4.96. The molecule has 0 heterocycles. The highest BCUT2D eigenvalue weighted by Gasteiger charge is 2.15. The summed E-state index contributed by atoms with van der Waals surface area (Å²) in [4.78, 5) is 0. The number of fused-ring (bicyclic) bond motifs is 2. The monoisotopic (exact) mass is 358 g/mol. The summed E-state index contributed by atoms with van der Waals surface area (Å²) in [5.74, 6) is 1.67. The van der Waals surface area contributed by atoms with Gasteiger partial charge in [-0.2, -0.15) is 0 Å². The summed E-state index contributed by atoms with van der Waals surface area (Å²) in [6.45, 7) is 0.266. The standard InChI is InChI=1S/C24H22O3/c1-26-23-12-10-17-6-2-4-8-19(17)21(23)16-22-20-9-5-3-7-18(20)11-13-24(22)27-15-14-25/h2-13,25H,14-16H2,1H3. The van der Waals surface area contributed by atoms with Gasteiger partial charge in [-0.1, -0.05) is 60.7 Å². The van der Waals surface area contributed by atoms with Crippen molar-refractivity contribution in [3.8, 4) is 11.5 Å². The van der Waals surface area contributed by atoms with Crippen LogP contribution in [0.5, 0.6) is 11.5 Å². The number of aliphatic hydroxyl groups is 1. The molecule has 3 nitrogen and oxygen atoms in total. The third-order valence-electron chi connectivity index (χ3n) is 4.92. The molecule has 0 unspecified atom stereocenters. The van der Waals surface area contributed by atoms with Crippen molar-refractivity contribution in [1.82, 2.24) is 0 Å². The van der Waals surface area contributed by atoms with Crippen LogP contribution in [0, 0.1) is 0 Å². The molecule has 0 radical (unpaired) electrons. The number of hydrogen-bond acceptors (Lipinski definition) is 3. The van der Waals surface area contributed by atoms with Crippen molar-refractivity contribution >= 4 is 21.5 Å². The van der Waals surface area contributed by atoms with Gasteiger partial charge in [0.15, 0.2) is 0 Å². The molecule has 0 fully saturated rings. The molecule has 0 amide bonds. The maximum Gasteiger partial charge on any atom is 0.123 e. The minimum absolute atomic E-state index is 0.0101. The highest BCUT2D eigenvalue weighted by Crippen LogP contribution is 2.35. The normalized spacial score (nSPS) is 11.0. The molecule has 27 heavy (non-hydrogen) atoms. The Morgan fingerprint density at radius 2 is 1.26 bits per heavy atom. The van der Waals surface area contributed by atoms with E-state index in [1.165, 1.54) is 16.2 Å². The molecule has 0 spiro atoms. The maximum absolute atomic E-state index is 9.20. The van der Waals surface area contributed by atoms with E-state index in [2.05, 4.69) is 42.5 Å². The average Bonchev–Trinajstić information content (AvgIpc) is 2.73. The summed E-state index contributed by atoms with van der Waals surface area (Å²) in [6.07, 6.45) is 0.687. The predicted molar refractivity (Wildman–Crippen MR) is 110 cm³/mol. The van der Waals surface area contributed by atoms with Gasteiger partial charge in [0.2, 0.25) is 0 Å². The molecule has 136 valence electrons. The molecule has 3 heteroatoms. The van der Waals surface area contributed by atoms with Crippen LogP contribution in [-0.2, 0) is 6.42 Å². The first kappa shape index (κ1) is 17.4. The zero-order valence-electron chi connectivity index (χ0n) is 15.3. The van der Waals surface area contributed by atoms with Gasteiger partial charge >= 0.3 is 0 Å². The summed E-state index contributed by atoms with van der Waals surface area (Å²) < 4.78 is 11.5. The molecule has 0 bridgehead atoms. The summed E-state index contributed by atoms with van der Waals surface area (Å²) in [5.41, 5.74) is 2.25. The minimum atomic E-state index is -0.0101. The number of hydrogen-bond donors (Lipinski definition) is 1. The van der Waals surface area contributed by atoms with Crippen molar-refractivity contribution in [2.45, 2.75) is 6.42 Å². The van der Waals surface area contributed by atoms with E-state index in [9.17, 15) is 5.11 Å². The molecule has 4 aromatic rings. The van der Waals surface area contributed by atoms with Gasteiger partial charge in [0.05, 0.1) is 13.7 Å². The molecule has 0 atom stereocenters. The first-order valence-corrected chi connectivity index (χ1v) is 9.10. The Balaban J connectivity index is 1.92. The third kappa shape index (κ3) is 3.34. The number of rotatable bonds is 6. The van der Waals surface area contributed by atoms with E-state index in [1.807, 2.05) is 30.3 Å². The van der Waals surface area contributed by atoms with Crippen LogP contribution in [0.1, 0.15) is 11.1 Å². The lowest BCUT2D eigenvalue weighted by atomic mass is 9.93. The van der Waals surface area contributed by atoms with Gasteiger partial charge < -0.3 is 14.6 Å². The Labute approximate surface area is 158 Å². The van der Waals surface area contributed by atoms with E-state index >= 15 is 0 Å². The number of methoxy groups -OCH3 is 1. The van der Waals surface area contributed by atoms with Gasteiger partial charge in [0, 0.05) is 17.5 Å². The zero-order valence-corrected chi connectivity index (χ0v) is 15.3. The molecule has 0 aliphatic carbocycles. The molecule has 0 aliphatic heterocycles. The number of aliphatic hydroxyl groups excluding tert-OH is 1. The van der Waals surface area contributed by atoms with Crippen molar-refractivity contribution in [2.24, 2.45) is 0 Å². The molecule has 1 N–H and O–H groups in total. The van der Waals surface area contributed by atoms with Crippen LogP contribution in [0.2, 0.25) is 0 Å². The minimum Gasteiger partial charge on any atom is -0.496 e. The van der Waals surface area contributed by atoms with E-state index in [0.29, 0.717) is 6.42 Å². The molecule has 0 saturated carbocycles. The highest BCUT2D eigenvalue weighted by molar-refractivity contribution is 5.91. The SMILES string of the molecule is COc1ccc2ccccc2c1Cc1c(OCCO)ccc2ccccc12. The molecule has 0 saturated heterocycles.